The molecule has 0 spiro atoms. The average Bonchev–Trinajstić information content (AvgIpc) is 3.03. The Morgan fingerprint density at radius 3 is 2.48 bits per heavy atom. The van der Waals surface area contributed by atoms with Gasteiger partial charge in [0.2, 0.25) is 0 Å². The first-order valence-corrected chi connectivity index (χ1v) is 8.48. The first-order valence-electron chi connectivity index (χ1n) is 7.68. The number of rotatable bonds is 4. The van der Waals surface area contributed by atoms with Gasteiger partial charge in [0.05, 0.1) is 6.61 Å². The van der Waals surface area contributed by atoms with Crippen LogP contribution in [0.1, 0.15) is 27.8 Å². The maximum atomic E-state index is 12.2. The molecule has 128 valence electrons. The Balaban J connectivity index is 1.67. The van der Waals surface area contributed by atoms with Crippen molar-refractivity contribution in [2.75, 3.05) is 6.61 Å². The number of hydrogen-bond donors (Lipinski definition) is 3. The molecular weight excluding hydrogens is 386 g/mol. The molecule has 0 aliphatic heterocycles. The van der Waals surface area contributed by atoms with Crippen molar-refractivity contribution in [3.8, 4) is 5.75 Å². The zero-order valence-electron chi connectivity index (χ0n) is 13.4. The maximum Gasteiger partial charge on any atom is 0.286 e. The van der Waals surface area contributed by atoms with Crippen LogP contribution in [0.2, 0.25) is 0 Å². The van der Waals surface area contributed by atoms with Crippen LogP contribution in [0.25, 0.3) is 10.9 Å². The summed E-state index contributed by atoms with van der Waals surface area (Å²) in [4.78, 5) is 27.2. The van der Waals surface area contributed by atoms with Crippen LogP contribution in [-0.4, -0.2) is 23.4 Å². The average molecular weight is 402 g/mol. The maximum absolute atomic E-state index is 12.2. The van der Waals surface area contributed by atoms with Gasteiger partial charge in [0, 0.05) is 27.0 Å². The third-order valence-electron chi connectivity index (χ3n) is 3.55. The summed E-state index contributed by atoms with van der Waals surface area (Å²) in [5.41, 5.74) is 6.37. The van der Waals surface area contributed by atoms with Gasteiger partial charge in [-0.2, -0.15) is 0 Å². The first kappa shape index (κ1) is 17.0. The van der Waals surface area contributed by atoms with Crippen LogP contribution in [0.15, 0.2) is 53.0 Å². The lowest BCUT2D eigenvalue weighted by molar-refractivity contribution is 0.0844. The SMILES string of the molecule is CCOc1ccc2cc(C(=O)NNC(=O)c3ccc(Br)cc3)[nH]c2c1. The second-order valence-electron chi connectivity index (χ2n) is 5.28. The molecule has 0 bridgehead atoms. The van der Waals surface area contributed by atoms with Gasteiger partial charge in [0.15, 0.2) is 0 Å². The smallest absolute Gasteiger partial charge is 0.286 e. The topological polar surface area (TPSA) is 83.2 Å². The number of fused-ring (bicyclic) bond motifs is 1. The van der Waals surface area contributed by atoms with Crippen molar-refractivity contribution in [1.29, 1.82) is 0 Å². The molecule has 0 saturated heterocycles. The molecule has 3 N–H and O–H groups in total. The van der Waals surface area contributed by atoms with Gasteiger partial charge in [-0.05, 0) is 49.4 Å². The van der Waals surface area contributed by atoms with Gasteiger partial charge in [-0.3, -0.25) is 20.4 Å². The third kappa shape index (κ3) is 4.00. The molecule has 0 radical (unpaired) electrons. The van der Waals surface area contributed by atoms with Crippen molar-refractivity contribution < 1.29 is 14.3 Å². The second kappa shape index (κ2) is 7.40. The van der Waals surface area contributed by atoms with Crippen LogP contribution in [0, 0.1) is 0 Å². The number of nitrogens with one attached hydrogen (secondary N) is 3. The number of ether oxygens (including phenoxy) is 1. The number of H-pyrrole nitrogens is 1. The highest BCUT2D eigenvalue weighted by Gasteiger charge is 2.12. The molecule has 0 aliphatic carbocycles. The summed E-state index contributed by atoms with van der Waals surface area (Å²) in [5.74, 6) is -0.0948. The van der Waals surface area contributed by atoms with Crippen LogP contribution in [0.5, 0.6) is 5.75 Å². The number of hydrogen-bond acceptors (Lipinski definition) is 3. The van der Waals surface area contributed by atoms with E-state index in [9.17, 15) is 9.59 Å². The Bertz CT molecular complexity index is 919. The molecule has 3 aromatic rings. The summed E-state index contributed by atoms with van der Waals surface area (Å²) in [6, 6.07) is 14.1. The van der Waals surface area contributed by atoms with Crippen LogP contribution in [0.4, 0.5) is 0 Å². The standard InChI is InChI=1S/C18H16BrN3O3/c1-2-25-14-8-5-12-9-16(20-15(12)10-14)18(24)22-21-17(23)11-3-6-13(19)7-4-11/h3-10,20H,2H2,1H3,(H,21,23)(H,22,24). The zero-order chi connectivity index (χ0) is 17.8. The molecule has 0 saturated carbocycles. The Kier molecular flexibility index (Phi) is 5.04. The van der Waals surface area contributed by atoms with Gasteiger partial charge in [-0.25, -0.2) is 0 Å². The van der Waals surface area contributed by atoms with Crippen LogP contribution >= 0.6 is 15.9 Å². The van der Waals surface area contributed by atoms with Gasteiger partial charge in [-0.15, -0.1) is 0 Å². The Morgan fingerprint density at radius 1 is 1.04 bits per heavy atom. The number of halogens is 1. The molecule has 3 rings (SSSR count). The third-order valence-corrected chi connectivity index (χ3v) is 4.07. The number of carbonyl (C=O) groups is 2. The van der Waals surface area contributed by atoms with Crippen molar-refractivity contribution in [3.05, 3.63) is 64.3 Å². The van der Waals surface area contributed by atoms with E-state index < -0.39 is 11.8 Å². The minimum Gasteiger partial charge on any atom is -0.494 e. The molecule has 6 nitrogen and oxygen atoms in total. The highest BCUT2D eigenvalue weighted by molar-refractivity contribution is 9.10. The van der Waals surface area contributed by atoms with Gasteiger partial charge in [-0.1, -0.05) is 15.9 Å². The summed E-state index contributed by atoms with van der Waals surface area (Å²) in [6.07, 6.45) is 0. The van der Waals surface area contributed by atoms with E-state index in [0.29, 0.717) is 17.9 Å². The fourth-order valence-corrected chi connectivity index (χ4v) is 2.60. The summed E-state index contributed by atoms with van der Waals surface area (Å²) < 4.78 is 6.31. The molecule has 0 unspecified atom stereocenters. The Hall–Kier alpha value is -2.80. The first-order chi connectivity index (χ1) is 12.1. The highest BCUT2D eigenvalue weighted by Crippen LogP contribution is 2.21. The molecule has 0 aliphatic rings. The normalized spacial score (nSPS) is 10.5. The summed E-state index contributed by atoms with van der Waals surface area (Å²) in [5, 5.41) is 0.882. The summed E-state index contributed by atoms with van der Waals surface area (Å²) in [6.45, 7) is 2.48. The van der Waals surface area contributed by atoms with E-state index >= 15 is 0 Å². The second-order valence-corrected chi connectivity index (χ2v) is 6.20. The lowest BCUT2D eigenvalue weighted by atomic mass is 10.2. The highest BCUT2D eigenvalue weighted by atomic mass is 79.9. The van der Waals surface area contributed by atoms with Crippen molar-refractivity contribution in [3.63, 3.8) is 0 Å². The fraction of sp³-hybridized carbons (Fsp3) is 0.111. The number of aromatic nitrogens is 1. The number of carbonyl (C=O) groups excluding carboxylic acids is 2. The van der Waals surface area contributed by atoms with Gasteiger partial charge >= 0.3 is 0 Å². The molecule has 1 aromatic heterocycles. The summed E-state index contributed by atoms with van der Waals surface area (Å²) >= 11 is 3.30. The number of aromatic amines is 1. The van der Waals surface area contributed by atoms with Gasteiger partial charge in [0.1, 0.15) is 11.4 Å². The van der Waals surface area contributed by atoms with E-state index in [0.717, 1.165) is 21.1 Å². The van der Waals surface area contributed by atoms with E-state index in [1.807, 2.05) is 25.1 Å². The minimum absolute atomic E-state index is 0.347. The number of hydrazine groups is 1. The molecule has 1 heterocycles. The van der Waals surface area contributed by atoms with E-state index in [1.165, 1.54) is 0 Å². The monoisotopic (exact) mass is 401 g/mol. The fourth-order valence-electron chi connectivity index (χ4n) is 2.34. The molecule has 7 heteroatoms. The van der Waals surface area contributed by atoms with Crippen LogP contribution in [0.3, 0.4) is 0 Å². The molecule has 2 aromatic carbocycles. The van der Waals surface area contributed by atoms with E-state index in [4.69, 9.17) is 4.74 Å². The number of amides is 2. The lowest BCUT2D eigenvalue weighted by Gasteiger charge is -2.06. The quantitative estimate of drug-likeness (QED) is 0.585. The predicted molar refractivity (Wildman–Crippen MR) is 98.5 cm³/mol. The summed E-state index contributed by atoms with van der Waals surface area (Å²) in [7, 11) is 0. The molecule has 25 heavy (non-hydrogen) atoms. The molecule has 0 atom stereocenters. The molecular formula is C18H16BrN3O3. The zero-order valence-corrected chi connectivity index (χ0v) is 15.0. The minimum atomic E-state index is -0.431. The van der Waals surface area contributed by atoms with E-state index in [1.54, 1.807) is 30.3 Å². The largest absolute Gasteiger partial charge is 0.494 e. The van der Waals surface area contributed by atoms with Crippen molar-refractivity contribution >= 4 is 38.6 Å². The van der Waals surface area contributed by atoms with Crippen LogP contribution < -0.4 is 15.6 Å². The lowest BCUT2D eigenvalue weighted by Crippen LogP contribution is -2.41. The Morgan fingerprint density at radius 2 is 1.76 bits per heavy atom. The van der Waals surface area contributed by atoms with Gasteiger partial charge < -0.3 is 9.72 Å². The molecule has 0 fully saturated rings. The van der Waals surface area contributed by atoms with E-state index in [2.05, 4.69) is 31.8 Å². The molecule has 2 amide bonds. The van der Waals surface area contributed by atoms with Crippen molar-refractivity contribution in [2.24, 2.45) is 0 Å². The van der Waals surface area contributed by atoms with E-state index in [-0.39, 0.29) is 0 Å². The van der Waals surface area contributed by atoms with Gasteiger partial charge in [0.25, 0.3) is 11.8 Å². The number of benzene rings is 2. The predicted octanol–water partition coefficient (Wildman–Crippen LogP) is 3.40. The Labute approximate surface area is 152 Å². The van der Waals surface area contributed by atoms with Crippen LogP contribution in [-0.2, 0) is 0 Å². The van der Waals surface area contributed by atoms with Crippen molar-refractivity contribution in [1.82, 2.24) is 15.8 Å². The van der Waals surface area contributed by atoms with Crippen molar-refractivity contribution in [2.45, 2.75) is 6.92 Å².